The second-order valence-electron chi connectivity index (χ2n) is 13.2. The van der Waals surface area contributed by atoms with Crippen LogP contribution in [0.3, 0.4) is 0 Å². The van der Waals surface area contributed by atoms with Crippen molar-refractivity contribution in [3.8, 4) is 0 Å². The number of phosphoric acid groups is 1. The van der Waals surface area contributed by atoms with Gasteiger partial charge in [0.25, 0.3) is 0 Å². The summed E-state index contributed by atoms with van der Waals surface area (Å²) in [6, 6.07) is 0. The Labute approximate surface area is 327 Å². The van der Waals surface area contributed by atoms with Crippen molar-refractivity contribution in [3.05, 3.63) is 85.3 Å². The Bertz CT molecular complexity index is 1130. The topological polar surface area (TPSA) is 158 Å². The number of hydrogen-bond acceptors (Lipinski definition) is 9. The molecule has 0 heterocycles. The molecule has 0 saturated carbocycles. The van der Waals surface area contributed by atoms with Gasteiger partial charge in [0.2, 0.25) is 0 Å². The molecule has 5 N–H and O–H groups in total. The minimum atomic E-state index is -4.34. The van der Waals surface area contributed by atoms with Gasteiger partial charge in [-0.15, -0.1) is 0 Å². The van der Waals surface area contributed by atoms with Crippen molar-refractivity contribution in [1.82, 2.24) is 0 Å². The number of aliphatic hydroxyl groups is 2. The molecule has 4 atom stereocenters. The van der Waals surface area contributed by atoms with Crippen LogP contribution in [0.15, 0.2) is 85.3 Å². The van der Waals surface area contributed by atoms with E-state index < -0.39 is 32.1 Å². The van der Waals surface area contributed by atoms with E-state index in [2.05, 4.69) is 13.8 Å². The smallest absolute Gasteiger partial charge is 0.472 e. The maximum atomic E-state index is 12.5. The molecule has 0 spiro atoms. The van der Waals surface area contributed by atoms with Gasteiger partial charge in [0.15, 0.2) is 6.10 Å². The molecular formula is C43H74NO9P. The van der Waals surface area contributed by atoms with E-state index in [1.807, 2.05) is 42.5 Å². The fourth-order valence-corrected chi connectivity index (χ4v) is 5.81. The first kappa shape index (κ1) is 51.4. The van der Waals surface area contributed by atoms with E-state index in [1.54, 1.807) is 42.7 Å². The van der Waals surface area contributed by atoms with Crippen molar-refractivity contribution < 1.29 is 43.0 Å². The predicted molar refractivity (Wildman–Crippen MR) is 222 cm³/mol. The van der Waals surface area contributed by atoms with E-state index in [0.717, 1.165) is 19.3 Å². The van der Waals surface area contributed by atoms with Gasteiger partial charge in [-0.1, -0.05) is 157 Å². The second kappa shape index (κ2) is 38.7. The van der Waals surface area contributed by atoms with Crippen molar-refractivity contribution in [3.63, 3.8) is 0 Å². The summed E-state index contributed by atoms with van der Waals surface area (Å²) in [6.45, 7) is 3.82. The van der Waals surface area contributed by atoms with Crippen LogP contribution in [0.2, 0.25) is 0 Å². The molecule has 0 bridgehead atoms. The molecule has 0 rings (SSSR count). The maximum absolute atomic E-state index is 12.5. The zero-order valence-corrected chi connectivity index (χ0v) is 34.3. The molecule has 0 aromatic heterocycles. The first-order chi connectivity index (χ1) is 26.2. The van der Waals surface area contributed by atoms with Crippen LogP contribution in [0.25, 0.3) is 0 Å². The minimum Gasteiger partial charge on any atom is -0.498 e. The molecule has 0 aliphatic carbocycles. The van der Waals surface area contributed by atoms with Gasteiger partial charge in [-0.2, -0.15) is 0 Å². The molecule has 11 heteroatoms. The third-order valence-corrected chi connectivity index (χ3v) is 9.06. The summed E-state index contributed by atoms with van der Waals surface area (Å²) in [5, 5.41) is 19.9. The van der Waals surface area contributed by atoms with E-state index in [4.69, 9.17) is 24.3 Å². The summed E-state index contributed by atoms with van der Waals surface area (Å²) in [5.74, 6) is -0.483. The largest absolute Gasteiger partial charge is 0.498 e. The molecule has 0 radical (unpaired) electrons. The normalized spacial score (nSPS) is 15.5. The second-order valence-corrected chi connectivity index (χ2v) is 14.7. The molecule has 0 saturated heterocycles. The van der Waals surface area contributed by atoms with Crippen LogP contribution in [0.5, 0.6) is 0 Å². The monoisotopic (exact) mass is 780 g/mol. The highest BCUT2D eigenvalue weighted by molar-refractivity contribution is 7.47. The van der Waals surface area contributed by atoms with E-state index in [1.165, 1.54) is 70.6 Å². The van der Waals surface area contributed by atoms with E-state index in [9.17, 15) is 24.5 Å². The number of aliphatic hydroxyl groups excluding tert-OH is 2. The quantitative estimate of drug-likeness (QED) is 0.0119. The van der Waals surface area contributed by atoms with Gasteiger partial charge in [-0.25, -0.2) is 4.57 Å². The number of unbranched alkanes of at least 4 members (excludes halogenated alkanes) is 12. The lowest BCUT2D eigenvalue weighted by Crippen LogP contribution is -2.27. The molecule has 0 aliphatic rings. The van der Waals surface area contributed by atoms with Gasteiger partial charge in [0, 0.05) is 13.0 Å². The van der Waals surface area contributed by atoms with Crippen molar-refractivity contribution in [2.75, 3.05) is 26.4 Å². The molecule has 0 fully saturated rings. The summed E-state index contributed by atoms with van der Waals surface area (Å²) in [7, 11) is -4.34. The molecule has 54 heavy (non-hydrogen) atoms. The predicted octanol–water partition coefficient (Wildman–Crippen LogP) is 10.0. The number of hydrogen-bond donors (Lipinski definition) is 4. The van der Waals surface area contributed by atoms with Gasteiger partial charge in [-0.05, 0) is 51.0 Å². The van der Waals surface area contributed by atoms with Crippen LogP contribution in [0.1, 0.15) is 136 Å². The van der Waals surface area contributed by atoms with Crippen LogP contribution < -0.4 is 5.73 Å². The number of nitrogens with two attached hydrogens (primary N) is 1. The Morgan fingerprint density at radius 3 is 1.85 bits per heavy atom. The van der Waals surface area contributed by atoms with E-state index in [-0.39, 0.29) is 32.8 Å². The molecular weight excluding hydrogens is 705 g/mol. The van der Waals surface area contributed by atoms with Crippen molar-refractivity contribution >= 4 is 13.8 Å². The van der Waals surface area contributed by atoms with Crippen LogP contribution in [-0.4, -0.2) is 65.8 Å². The molecule has 0 aromatic rings. The Balaban J connectivity index is 4.40. The number of esters is 1. The number of carbonyl (C=O) groups excluding carboxylic acids is 1. The first-order valence-electron chi connectivity index (χ1n) is 20.3. The number of allylic oxidation sites excluding steroid dienone is 9. The first-order valence-corrected chi connectivity index (χ1v) is 21.8. The Morgan fingerprint density at radius 1 is 0.685 bits per heavy atom. The van der Waals surface area contributed by atoms with E-state index >= 15 is 0 Å². The van der Waals surface area contributed by atoms with Gasteiger partial charge in [0.1, 0.15) is 6.61 Å². The van der Waals surface area contributed by atoms with Crippen LogP contribution in [0.4, 0.5) is 0 Å². The lowest BCUT2D eigenvalue weighted by molar-refractivity contribution is -0.153. The lowest BCUT2D eigenvalue weighted by Gasteiger charge is -2.19. The highest BCUT2D eigenvalue weighted by Crippen LogP contribution is 2.43. The summed E-state index contributed by atoms with van der Waals surface area (Å²) in [4.78, 5) is 22.4. The highest BCUT2D eigenvalue weighted by atomic mass is 31.2. The van der Waals surface area contributed by atoms with Gasteiger partial charge in [-0.3, -0.25) is 13.8 Å². The third-order valence-electron chi connectivity index (χ3n) is 8.07. The molecule has 1 unspecified atom stereocenters. The minimum absolute atomic E-state index is 0.0338. The number of rotatable bonds is 37. The van der Waals surface area contributed by atoms with Crippen LogP contribution in [0, 0.1) is 0 Å². The summed E-state index contributed by atoms with van der Waals surface area (Å²) in [6.07, 6.45) is 43.4. The highest BCUT2D eigenvalue weighted by Gasteiger charge is 2.25. The summed E-state index contributed by atoms with van der Waals surface area (Å²) in [5.41, 5.74) is 5.34. The van der Waals surface area contributed by atoms with Crippen molar-refractivity contribution in [2.45, 2.75) is 154 Å². The SMILES string of the molecule is CC/C=C\C[C@H](O)/C=C/C=C\C=C\[C@H](O)C/C=C\C/C=C\CCC(=O)O[C@H](CO/C=C/CCCCCCCCCCCCCC)COP(=O)(O)OCCN. The Morgan fingerprint density at radius 2 is 1.26 bits per heavy atom. The Kier molecular flexibility index (Phi) is 36.9. The molecule has 10 nitrogen and oxygen atoms in total. The van der Waals surface area contributed by atoms with Gasteiger partial charge >= 0.3 is 13.8 Å². The molecule has 0 aromatic carbocycles. The number of carbonyl (C=O) groups is 1. The van der Waals surface area contributed by atoms with Crippen LogP contribution in [-0.2, 0) is 27.9 Å². The fourth-order valence-electron chi connectivity index (χ4n) is 5.04. The van der Waals surface area contributed by atoms with Gasteiger partial charge < -0.3 is 30.3 Å². The van der Waals surface area contributed by atoms with E-state index in [0.29, 0.717) is 25.7 Å². The zero-order valence-electron chi connectivity index (χ0n) is 33.4. The summed E-state index contributed by atoms with van der Waals surface area (Å²) >= 11 is 0. The standard InChI is InChI=1S/C43H74NO9P/c1-3-5-7-8-9-10-11-12-13-14-15-18-23-29-36-50-38-42(39-52-54(48,49)51-37-35-44)53-43(47)34-28-20-17-16-19-25-31-41(46)33-27-22-21-26-32-40(45)30-24-6-4-2/h6,17,19-22,24-27,29,32-33,36,40-42,45-46H,3-5,7-16,18,23,28,30-31,34-35,37-39,44H2,1-2H3,(H,48,49)/b20-17-,22-21-,24-6-,25-19-,32-26+,33-27+,36-29+/t40-,41+,42+/m0/s1. The number of phosphoric ester groups is 1. The van der Waals surface area contributed by atoms with Crippen molar-refractivity contribution in [2.24, 2.45) is 5.73 Å². The average molecular weight is 780 g/mol. The third kappa shape index (κ3) is 37.7. The van der Waals surface area contributed by atoms with Crippen LogP contribution >= 0.6 is 7.82 Å². The number of ether oxygens (including phenoxy) is 2. The van der Waals surface area contributed by atoms with Crippen molar-refractivity contribution in [1.29, 1.82) is 0 Å². The summed E-state index contributed by atoms with van der Waals surface area (Å²) < 4.78 is 32.9. The molecule has 0 aliphatic heterocycles. The molecule has 310 valence electrons. The zero-order chi connectivity index (χ0) is 39.8. The lowest BCUT2D eigenvalue weighted by atomic mass is 10.0. The maximum Gasteiger partial charge on any atom is 0.472 e. The Hall–Kier alpha value is -2.56. The average Bonchev–Trinajstić information content (AvgIpc) is 3.15. The van der Waals surface area contributed by atoms with Gasteiger partial charge in [0.05, 0.1) is 31.7 Å². The fraction of sp³-hybridized carbons (Fsp3) is 0.651. The molecule has 0 amide bonds.